The van der Waals surface area contributed by atoms with Crippen LogP contribution in [-0.4, -0.2) is 54.3 Å². The molecule has 212 valence electrons. The van der Waals surface area contributed by atoms with Gasteiger partial charge in [0.15, 0.2) is 0 Å². The van der Waals surface area contributed by atoms with Crippen LogP contribution in [0.25, 0.3) is 5.69 Å². The fraction of sp³-hybridized carbons (Fsp3) is 0.286. The van der Waals surface area contributed by atoms with Crippen molar-refractivity contribution in [2.24, 2.45) is 7.05 Å². The van der Waals surface area contributed by atoms with Gasteiger partial charge in [-0.3, -0.25) is 19.1 Å². The Balaban J connectivity index is 1.57. The van der Waals surface area contributed by atoms with Gasteiger partial charge in [-0.15, -0.1) is 5.10 Å². The minimum atomic E-state index is -0.346. The summed E-state index contributed by atoms with van der Waals surface area (Å²) in [4.78, 5) is 46.1. The highest BCUT2D eigenvalue weighted by Gasteiger charge is 2.32. The van der Waals surface area contributed by atoms with Crippen molar-refractivity contribution in [2.45, 2.75) is 38.9 Å². The zero-order valence-electron chi connectivity index (χ0n) is 22.9. The smallest absolute Gasteiger partial charge is 0.263 e. The monoisotopic (exact) mass is 594 g/mol. The van der Waals surface area contributed by atoms with E-state index in [-0.39, 0.29) is 47.0 Å². The summed E-state index contributed by atoms with van der Waals surface area (Å²) in [7, 11) is 3.33. The highest BCUT2D eigenvalue weighted by Crippen LogP contribution is 2.28. The molecular formula is C28H28Cl2N8O3. The third-order valence-electron chi connectivity index (χ3n) is 7.07. The van der Waals surface area contributed by atoms with E-state index in [2.05, 4.69) is 20.9 Å². The van der Waals surface area contributed by atoms with Crippen LogP contribution >= 0.6 is 23.2 Å². The van der Waals surface area contributed by atoms with Gasteiger partial charge in [0, 0.05) is 36.8 Å². The van der Waals surface area contributed by atoms with Gasteiger partial charge in [0.25, 0.3) is 17.4 Å². The maximum Gasteiger partial charge on any atom is 0.263 e. The molecule has 2 aromatic carbocycles. The number of benzene rings is 2. The molecule has 0 saturated heterocycles. The fourth-order valence-electron chi connectivity index (χ4n) is 4.80. The predicted octanol–water partition coefficient (Wildman–Crippen LogP) is 3.79. The molecule has 2 amide bonds. The Kier molecular flexibility index (Phi) is 7.83. The van der Waals surface area contributed by atoms with Crippen molar-refractivity contribution in [1.82, 2.24) is 34.8 Å². The van der Waals surface area contributed by atoms with Crippen LogP contribution in [0.1, 0.15) is 57.6 Å². The largest absolute Gasteiger partial charge is 0.355 e. The van der Waals surface area contributed by atoms with E-state index in [4.69, 9.17) is 28.2 Å². The standard InChI is InChI=1S/C28H28Cl2N8O3/c1-15-11-20-24(14-37(15)26(40)18-7-10-21(29)22(30)12-18)33-28(32-16(2)23-13-36(4)35-34-23)38(27(20)41)19-8-5-17(6-9-19)25(39)31-3/h5-10,12-13,15-16H,11,14H2,1-4H3,(H,31,39)(H,32,33)/t15-,16?/m1/s1. The summed E-state index contributed by atoms with van der Waals surface area (Å²) < 4.78 is 3.08. The van der Waals surface area contributed by atoms with Crippen LogP contribution in [0.3, 0.4) is 0 Å². The Morgan fingerprint density at radius 3 is 2.41 bits per heavy atom. The summed E-state index contributed by atoms with van der Waals surface area (Å²) in [6.45, 7) is 3.91. The normalized spacial score (nSPS) is 15.3. The first-order valence-corrected chi connectivity index (χ1v) is 13.7. The number of amides is 2. The lowest BCUT2D eigenvalue weighted by Crippen LogP contribution is -2.46. The van der Waals surface area contributed by atoms with Gasteiger partial charge in [-0.2, -0.15) is 0 Å². The Bertz CT molecular complexity index is 1700. The van der Waals surface area contributed by atoms with Crippen LogP contribution in [-0.2, 0) is 20.0 Å². The molecule has 1 aliphatic rings. The fourth-order valence-corrected chi connectivity index (χ4v) is 5.10. The average molecular weight is 595 g/mol. The molecule has 2 aromatic heterocycles. The number of aryl methyl sites for hydroxylation is 1. The number of nitrogens with zero attached hydrogens (tertiary/aromatic N) is 6. The van der Waals surface area contributed by atoms with Crippen LogP contribution in [0.4, 0.5) is 5.95 Å². The molecule has 0 bridgehead atoms. The lowest BCUT2D eigenvalue weighted by Gasteiger charge is -2.35. The second-order valence-electron chi connectivity index (χ2n) is 9.93. The third-order valence-corrected chi connectivity index (χ3v) is 7.80. The number of carbonyl (C=O) groups is 2. The molecule has 11 nitrogen and oxygen atoms in total. The van der Waals surface area contributed by atoms with Gasteiger partial charge in [0.1, 0.15) is 5.69 Å². The molecule has 4 aromatic rings. The minimum absolute atomic E-state index is 0.134. The molecule has 0 fully saturated rings. The Hall–Kier alpha value is -4.22. The van der Waals surface area contributed by atoms with Crippen molar-refractivity contribution < 1.29 is 9.59 Å². The summed E-state index contributed by atoms with van der Waals surface area (Å²) >= 11 is 12.2. The molecule has 2 N–H and O–H groups in total. The molecule has 1 unspecified atom stereocenters. The first kappa shape index (κ1) is 28.3. The summed E-state index contributed by atoms with van der Waals surface area (Å²) in [5, 5.41) is 14.7. The van der Waals surface area contributed by atoms with Crippen LogP contribution in [0.2, 0.25) is 10.0 Å². The number of hydrogen-bond acceptors (Lipinski definition) is 7. The Morgan fingerprint density at radius 2 is 1.78 bits per heavy atom. The van der Waals surface area contributed by atoms with E-state index >= 15 is 0 Å². The topological polar surface area (TPSA) is 127 Å². The maximum absolute atomic E-state index is 14.0. The van der Waals surface area contributed by atoms with Crippen molar-refractivity contribution in [2.75, 3.05) is 12.4 Å². The molecule has 3 heterocycles. The van der Waals surface area contributed by atoms with Gasteiger partial charge in [0.2, 0.25) is 5.95 Å². The van der Waals surface area contributed by atoms with Crippen molar-refractivity contribution in [1.29, 1.82) is 0 Å². The van der Waals surface area contributed by atoms with Gasteiger partial charge in [-0.1, -0.05) is 28.4 Å². The van der Waals surface area contributed by atoms with Crippen LogP contribution < -0.4 is 16.2 Å². The number of halogens is 2. The van der Waals surface area contributed by atoms with Crippen LogP contribution in [0, 0.1) is 0 Å². The van der Waals surface area contributed by atoms with Crippen LogP contribution in [0.5, 0.6) is 0 Å². The summed E-state index contributed by atoms with van der Waals surface area (Å²) in [5.74, 6) is -0.196. The van der Waals surface area contributed by atoms with E-state index in [0.717, 1.165) is 0 Å². The first-order chi connectivity index (χ1) is 19.6. The highest BCUT2D eigenvalue weighted by atomic mass is 35.5. The summed E-state index contributed by atoms with van der Waals surface area (Å²) in [5.41, 5.74) is 2.80. The van der Waals surface area contributed by atoms with E-state index in [0.29, 0.717) is 45.2 Å². The van der Waals surface area contributed by atoms with Crippen molar-refractivity contribution in [3.05, 3.63) is 97.1 Å². The van der Waals surface area contributed by atoms with Gasteiger partial charge >= 0.3 is 0 Å². The highest BCUT2D eigenvalue weighted by molar-refractivity contribution is 6.42. The summed E-state index contributed by atoms with van der Waals surface area (Å²) in [6.07, 6.45) is 2.08. The number of fused-ring (bicyclic) bond motifs is 1. The number of carbonyl (C=O) groups excluding carboxylic acids is 2. The van der Waals surface area contributed by atoms with E-state index in [1.807, 2.05) is 13.8 Å². The minimum Gasteiger partial charge on any atom is -0.355 e. The third kappa shape index (κ3) is 5.55. The zero-order valence-corrected chi connectivity index (χ0v) is 24.4. The van der Waals surface area contributed by atoms with E-state index in [1.165, 1.54) is 10.6 Å². The summed E-state index contributed by atoms with van der Waals surface area (Å²) in [6, 6.07) is 10.8. The van der Waals surface area contributed by atoms with E-state index in [1.54, 1.807) is 66.3 Å². The SMILES string of the molecule is CNC(=O)c1ccc(-n2c(NC(C)c3cn(C)nn3)nc3c(c2=O)C[C@@H](C)N(C(=O)c2ccc(Cl)c(Cl)c2)C3)cc1. The number of rotatable bonds is 6. The molecule has 5 rings (SSSR count). The molecule has 0 saturated carbocycles. The van der Waals surface area contributed by atoms with Crippen molar-refractivity contribution >= 4 is 41.0 Å². The maximum atomic E-state index is 14.0. The molecule has 0 spiro atoms. The van der Waals surface area contributed by atoms with Crippen molar-refractivity contribution in [3.63, 3.8) is 0 Å². The van der Waals surface area contributed by atoms with E-state index in [9.17, 15) is 14.4 Å². The molecule has 13 heteroatoms. The Labute approximate surface area is 246 Å². The second kappa shape index (κ2) is 11.3. The molecule has 0 aliphatic carbocycles. The second-order valence-corrected chi connectivity index (χ2v) is 10.7. The average Bonchev–Trinajstić information content (AvgIpc) is 3.40. The zero-order chi connectivity index (χ0) is 29.4. The number of aromatic nitrogens is 5. The van der Waals surface area contributed by atoms with E-state index < -0.39 is 0 Å². The Morgan fingerprint density at radius 1 is 1.07 bits per heavy atom. The van der Waals surface area contributed by atoms with Crippen LogP contribution in [0.15, 0.2) is 53.5 Å². The lowest BCUT2D eigenvalue weighted by atomic mass is 9.98. The molecule has 2 atom stereocenters. The first-order valence-electron chi connectivity index (χ1n) is 12.9. The molecule has 1 aliphatic heterocycles. The quantitative estimate of drug-likeness (QED) is 0.347. The van der Waals surface area contributed by atoms with Crippen molar-refractivity contribution in [3.8, 4) is 5.69 Å². The number of anilines is 1. The predicted molar refractivity (Wildman–Crippen MR) is 156 cm³/mol. The molecule has 0 radical (unpaired) electrons. The molecule has 41 heavy (non-hydrogen) atoms. The van der Waals surface area contributed by atoms with Gasteiger partial charge in [-0.25, -0.2) is 9.55 Å². The van der Waals surface area contributed by atoms with Gasteiger partial charge in [0.05, 0.1) is 40.2 Å². The number of hydrogen-bond donors (Lipinski definition) is 2. The lowest BCUT2D eigenvalue weighted by molar-refractivity contribution is 0.0653. The van der Waals surface area contributed by atoms with Gasteiger partial charge < -0.3 is 15.5 Å². The van der Waals surface area contributed by atoms with Gasteiger partial charge in [-0.05, 0) is 62.7 Å². The number of nitrogens with one attached hydrogen (secondary N) is 2. The molecular weight excluding hydrogens is 567 g/mol.